The van der Waals surface area contributed by atoms with Crippen LogP contribution in [0.5, 0.6) is 0 Å². The lowest BCUT2D eigenvalue weighted by Gasteiger charge is -2.13. The normalized spacial score (nSPS) is 21.7. The van der Waals surface area contributed by atoms with E-state index >= 15 is 0 Å². The third kappa shape index (κ3) is 2.90. The van der Waals surface area contributed by atoms with Crippen LogP contribution in [0.25, 0.3) is 10.4 Å². The van der Waals surface area contributed by atoms with Gasteiger partial charge in [-0.1, -0.05) is 37.9 Å². The first-order valence-electron chi connectivity index (χ1n) is 6.73. The summed E-state index contributed by atoms with van der Waals surface area (Å²) in [6.45, 7) is 1.87. The molecule has 1 fully saturated rings. The Kier molecular flexibility index (Phi) is 4.46. The summed E-state index contributed by atoms with van der Waals surface area (Å²) in [6, 6.07) is 3.86. The first-order valence-corrected chi connectivity index (χ1v) is 10.1. The minimum absolute atomic E-state index is 0.129. The van der Waals surface area contributed by atoms with Crippen molar-refractivity contribution in [2.45, 2.75) is 16.6 Å². The van der Waals surface area contributed by atoms with Gasteiger partial charge in [0, 0.05) is 15.8 Å². The molecule has 0 unspecified atom stereocenters. The molecule has 2 heterocycles. The zero-order valence-corrected chi connectivity index (χ0v) is 17.1. The highest BCUT2D eigenvalue weighted by atomic mass is 79.9. The molecular weight excluding hydrogens is 466 g/mol. The quantitative estimate of drug-likeness (QED) is 0.491. The van der Waals surface area contributed by atoms with Gasteiger partial charge in [0.15, 0.2) is 0 Å². The van der Waals surface area contributed by atoms with Gasteiger partial charge in [-0.2, -0.15) is 0 Å². The fraction of sp³-hybridized carbons (Fsp3) is 0.333. The molecule has 0 saturated heterocycles. The van der Waals surface area contributed by atoms with Gasteiger partial charge in [-0.15, -0.1) is 22.7 Å². The number of ether oxygens (including phenoxy) is 1. The van der Waals surface area contributed by atoms with E-state index in [9.17, 15) is 9.59 Å². The number of nitrogens with one attached hydrogen (secondary N) is 1. The Labute approximate surface area is 158 Å². The molecule has 0 aliphatic heterocycles. The van der Waals surface area contributed by atoms with Crippen molar-refractivity contribution in [1.29, 1.82) is 0 Å². The molecule has 1 saturated carbocycles. The second-order valence-corrected chi connectivity index (χ2v) is 11.1. The van der Waals surface area contributed by atoms with E-state index in [1.807, 2.05) is 29.8 Å². The first kappa shape index (κ1) is 17.1. The number of hydrogen-bond donors (Lipinski definition) is 1. The molecule has 122 valence electrons. The largest absolute Gasteiger partial charge is 0.465 e. The smallest absolute Gasteiger partial charge is 0.341 e. The molecule has 3 rings (SSSR count). The molecule has 23 heavy (non-hydrogen) atoms. The highest BCUT2D eigenvalue weighted by Crippen LogP contribution is 2.66. The van der Waals surface area contributed by atoms with Crippen molar-refractivity contribution >= 4 is 71.4 Å². The number of thiophene rings is 2. The lowest BCUT2D eigenvalue weighted by atomic mass is 10.1. The average molecular weight is 479 g/mol. The topological polar surface area (TPSA) is 55.4 Å². The van der Waals surface area contributed by atoms with Crippen molar-refractivity contribution in [1.82, 2.24) is 0 Å². The van der Waals surface area contributed by atoms with Crippen LogP contribution >= 0.6 is 54.5 Å². The molecule has 8 heteroatoms. The van der Waals surface area contributed by atoms with E-state index in [2.05, 4.69) is 37.2 Å². The van der Waals surface area contributed by atoms with Crippen LogP contribution in [-0.2, 0) is 9.53 Å². The highest BCUT2D eigenvalue weighted by molar-refractivity contribution is 9.25. The van der Waals surface area contributed by atoms with Crippen LogP contribution in [0.4, 0.5) is 5.00 Å². The van der Waals surface area contributed by atoms with E-state index in [-0.39, 0.29) is 9.14 Å². The number of rotatable bonds is 4. The van der Waals surface area contributed by atoms with Crippen LogP contribution in [-0.4, -0.2) is 22.2 Å². The number of amides is 1. The fourth-order valence-corrected chi connectivity index (χ4v) is 5.50. The minimum atomic E-state index is -0.548. The predicted molar refractivity (Wildman–Crippen MR) is 101 cm³/mol. The third-order valence-corrected chi connectivity index (χ3v) is 8.06. The third-order valence-electron chi connectivity index (χ3n) is 3.95. The molecule has 1 N–H and O–H groups in total. The Morgan fingerprint density at radius 1 is 1.35 bits per heavy atom. The molecule has 1 amide bonds. The van der Waals surface area contributed by atoms with Crippen LogP contribution in [0, 0.1) is 5.41 Å². The van der Waals surface area contributed by atoms with Crippen LogP contribution in [0.15, 0.2) is 22.9 Å². The van der Waals surface area contributed by atoms with Gasteiger partial charge in [0.05, 0.1) is 15.8 Å². The maximum Gasteiger partial charge on any atom is 0.341 e. The second kappa shape index (κ2) is 5.98. The Morgan fingerprint density at radius 3 is 2.57 bits per heavy atom. The van der Waals surface area contributed by atoms with Gasteiger partial charge in [0.1, 0.15) is 10.6 Å². The zero-order valence-electron chi connectivity index (χ0n) is 12.3. The van der Waals surface area contributed by atoms with E-state index in [1.165, 1.54) is 29.8 Å². The Bertz CT molecular complexity index is 770. The molecule has 0 spiro atoms. The van der Waals surface area contributed by atoms with E-state index in [1.54, 1.807) is 0 Å². The van der Waals surface area contributed by atoms with Crippen LogP contribution < -0.4 is 5.32 Å². The Hall–Kier alpha value is -0.700. The zero-order chi connectivity index (χ0) is 16.8. The fourth-order valence-electron chi connectivity index (χ4n) is 2.26. The van der Waals surface area contributed by atoms with Gasteiger partial charge in [-0.05, 0) is 24.8 Å². The number of carbonyl (C=O) groups excluding carboxylic acids is 2. The summed E-state index contributed by atoms with van der Waals surface area (Å²) in [5.41, 5.74) is 0.650. The molecule has 1 aliphatic carbocycles. The van der Waals surface area contributed by atoms with Gasteiger partial charge in [-0.3, -0.25) is 4.79 Å². The van der Waals surface area contributed by atoms with Crippen LogP contribution in [0.3, 0.4) is 0 Å². The number of anilines is 1. The molecule has 2 aromatic rings. The maximum absolute atomic E-state index is 12.6. The molecule has 0 bridgehead atoms. The predicted octanol–water partition coefficient (Wildman–Crippen LogP) is 5.10. The van der Waals surface area contributed by atoms with Crippen molar-refractivity contribution in [2.24, 2.45) is 5.41 Å². The van der Waals surface area contributed by atoms with Crippen molar-refractivity contribution in [3.8, 4) is 10.4 Å². The average Bonchev–Trinajstić information content (AvgIpc) is 2.96. The van der Waals surface area contributed by atoms with E-state index in [0.29, 0.717) is 17.0 Å². The van der Waals surface area contributed by atoms with Gasteiger partial charge < -0.3 is 10.1 Å². The van der Waals surface area contributed by atoms with Crippen LogP contribution in [0.1, 0.15) is 23.7 Å². The summed E-state index contributed by atoms with van der Waals surface area (Å²) >= 11 is 9.85. The monoisotopic (exact) mass is 477 g/mol. The van der Waals surface area contributed by atoms with E-state index in [4.69, 9.17) is 4.74 Å². The number of halogens is 2. The molecule has 1 aliphatic rings. The van der Waals surface area contributed by atoms with Gasteiger partial charge in [0.2, 0.25) is 5.91 Å². The van der Waals surface area contributed by atoms with Gasteiger partial charge in [-0.25, -0.2) is 4.79 Å². The molecule has 1 atom stereocenters. The summed E-state index contributed by atoms with van der Waals surface area (Å²) in [5.74, 6) is -0.578. The second-order valence-electron chi connectivity index (χ2n) is 5.49. The van der Waals surface area contributed by atoms with Gasteiger partial charge >= 0.3 is 5.97 Å². The number of alkyl halides is 2. The molecule has 0 aromatic carbocycles. The van der Waals surface area contributed by atoms with E-state index < -0.39 is 11.4 Å². The minimum Gasteiger partial charge on any atom is -0.465 e. The Balaban J connectivity index is 1.94. The van der Waals surface area contributed by atoms with Gasteiger partial charge in [0.25, 0.3) is 0 Å². The summed E-state index contributed by atoms with van der Waals surface area (Å²) in [4.78, 5) is 25.7. The number of methoxy groups -OCH3 is 1. The summed E-state index contributed by atoms with van der Waals surface area (Å²) in [6.07, 6.45) is 0.683. The lowest BCUT2D eigenvalue weighted by molar-refractivity contribution is -0.120. The standard InChI is InChI=1S/C15H13Br2NO3S2/c1-14(7-15(14,16)17)13(20)18-11-10(12(19)21-2)8(6-23-11)9-4-3-5-22-9/h3-6H,7H2,1-2H3,(H,18,20)/t14-/m1/s1. The summed E-state index contributed by atoms with van der Waals surface area (Å²) in [5, 5.41) is 7.23. The van der Waals surface area contributed by atoms with Crippen LogP contribution in [0.2, 0.25) is 0 Å². The van der Waals surface area contributed by atoms with Crippen molar-refractivity contribution in [3.63, 3.8) is 0 Å². The molecule has 0 radical (unpaired) electrons. The number of carbonyl (C=O) groups is 2. The lowest BCUT2D eigenvalue weighted by Crippen LogP contribution is -2.26. The molecule has 4 nitrogen and oxygen atoms in total. The summed E-state index contributed by atoms with van der Waals surface area (Å²) in [7, 11) is 1.34. The first-order chi connectivity index (χ1) is 10.8. The van der Waals surface area contributed by atoms with Crippen molar-refractivity contribution in [3.05, 3.63) is 28.5 Å². The van der Waals surface area contributed by atoms with E-state index in [0.717, 1.165) is 10.4 Å². The number of esters is 1. The molecule has 2 aromatic heterocycles. The maximum atomic E-state index is 12.6. The van der Waals surface area contributed by atoms with Crippen molar-refractivity contribution < 1.29 is 14.3 Å². The highest BCUT2D eigenvalue weighted by Gasteiger charge is 2.66. The molecular formula is C15H13Br2NO3S2. The SMILES string of the molecule is COC(=O)c1c(-c2cccs2)csc1NC(=O)[C@@]1(C)CC1(Br)Br. The number of hydrogen-bond acceptors (Lipinski definition) is 5. The van der Waals surface area contributed by atoms with Crippen molar-refractivity contribution in [2.75, 3.05) is 12.4 Å². The Morgan fingerprint density at radius 2 is 2.04 bits per heavy atom. The summed E-state index contributed by atoms with van der Waals surface area (Å²) < 4.78 is 4.52.